The summed E-state index contributed by atoms with van der Waals surface area (Å²) < 4.78 is 51.1. The third-order valence-corrected chi connectivity index (χ3v) is 8.78. The number of sulfone groups is 1. The topological polar surface area (TPSA) is 74.8 Å². The van der Waals surface area contributed by atoms with Gasteiger partial charge in [-0.3, -0.25) is 0 Å². The summed E-state index contributed by atoms with van der Waals surface area (Å²) in [6.45, 7) is 5.19. The second-order valence-corrected chi connectivity index (χ2v) is 11.1. The summed E-state index contributed by atoms with van der Waals surface area (Å²) in [5.41, 5.74) is -0.127. The van der Waals surface area contributed by atoms with E-state index in [0.717, 1.165) is 37.9 Å². The van der Waals surface area contributed by atoms with E-state index in [1.54, 1.807) is 13.8 Å². The van der Waals surface area contributed by atoms with E-state index in [1.807, 2.05) is 6.08 Å². The molecule has 0 spiro atoms. The van der Waals surface area contributed by atoms with Crippen LogP contribution in [0.1, 0.15) is 33.1 Å². The Bertz CT molecular complexity index is 703. The second kappa shape index (κ2) is 4.95. The summed E-state index contributed by atoms with van der Waals surface area (Å²) in [6, 6.07) is -0.586. The van der Waals surface area contributed by atoms with Crippen molar-refractivity contribution in [2.24, 2.45) is 0 Å². The molecule has 4 aliphatic heterocycles. The molecule has 8 heteroatoms. The average Bonchev–Trinajstić information content (AvgIpc) is 2.34. The molecule has 0 aromatic rings. The normalized spacial score (nSPS) is 34.5. The van der Waals surface area contributed by atoms with Gasteiger partial charge in [0.1, 0.15) is 5.25 Å². The Morgan fingerprint density at radius 1 is 1.18 bits per heavy atom. The van der Waals surface area contributed by atoms with Crippen molar-refractivity contribution in [3.8, 4) is 0 Å². The summed E-state index contributed by atoms with van der Waals surface area (Å²) in [7, 11) is -6.80. The van der Waals surface area contributed by atoms with Crippen LogP contribution in [0, 0.1) is 0 Å². The molecule has 0 aromatic carbocycles. The fourth-order valence-electron chi connectivity index (χ4n) is 4.43. The fourth-order valence-corrected chi connectivity index (χ4v) is 8.68. The number of fused-ring (bicyclic) bond motifs is 2. The van der Waals surface area contributed by atoms with Gasteiger partial charge >= 0.3 is 0 Å². The summed E-state index contributed by atoms with van der Waals surface area (Å²) in [5, 5.41) is -0.766. The SMILES string of the molecule is CC1(C)C2C(N3CCCCC3)=CC(CS2(=O)=O)N1S(C)(=O)=O. The van der Waals surface area contributed by atoms with Gasteiger partial charge in [-0.2, -0.15) is 4.31 Å². The molecule has 6 nitrogen and oxygen atoms in total. The molecule has 0 aliphatic carbocycles. The number of sulfonamides is 1. The van der Waals surface area contributed by atoms with Crippen LogP contribution in [0.5, 0.6) is 0 Å². The standard InChI is InChI=1S/C14H24N2O4S2/c1-14(2)13-12(15-7-5-4-6-8-15)9-11(10-22(13,19)20)16(14)21(3,17)18/h9,11,13H,4-8,10H2,1-3H3. The first-order valence-corrected chi connectivity index (χ1v) is 11.3. The molecule has 0 N–H and O–H groups in total. The van der Waals surface area contributed by atoms with Gasteiger partial charge in [0.15, 0.2) is 9.84 Å². The number of rotatable bonds is 2. The number of likely N-dealkylation sites (tertiary alicyclic amines) is 1. The highest BCUT2D eigenvalue weighted by atomic mass is 32.2. The summed E-state index contributed by atoms with van der Waals surface area (Å²) in [4.78, 5) is 2.15. The zero-order valence-electron chi connectivity index (χ0n) is 13.3. The van der Waals surface area contributed by atoms with Crippen LogP contribution >= 0.6 is 0 Å². The van der Waals surface area contributed by atoms with E-state index in [4.69, 9.17) is 0 Å². The third kappa shape index (κ3) is 2.39. The lowest BCUT2D eigenvalue weighted by Crippen LogP contribution is -2.70. The maximum Gasteiger partial charge on any atom is 0.212 e. The molecule has 4 aliphatic rings. The lowest BCUT2D eigenvalue weighted by Gasteiger charge is -2.55. The van der Waals surface area contributed by atoms with Gasteiger partial charge in [-0.15, -0.1) is 0 Å². The number of nitrogens with zero attached hydrogens (tertiary/aromatic N) is 2. The number of hydrogen-bond acceptors (Lipinski definition) is 5. The first-order valence-electron chi connectivity index (χ1n) is 7.73. The molecule has 4 heterocycles. The van der Waals surface area contributed by atoms with Gasteiger partial charge in [0.2, 0.25) is 10.0 Å². The molecule has 2 unspecified atom stereocenters. The smallest absolute Gasteiger partial charge is 0.212 e. The highest BCUT2D eigenvalue weighted by Crippen LogP contribution is 2.44. The van der Waals surface area contributed by atoms with Gasteiger partial charge in [0.25, 0.3) is 0 Å². The highest BCUT2D eigenvalue weighted by molar-refractivity contribution is 7.93. The Morgan fingerprint density at radius 3 is 2.27 bits per heavy atom. The van der Waals surface area contributed by atoms with Crippen molar-refractivity contribution >= 4 is 19.9 Å². The quantitative estimate of drug-likeness (QED) is 0.730. The van der Waals surface area contributed by atoms with Crippen LogP contribution in [0.3, 0.4) is 0 Å². The molecule has 22 heavy (non-hydrogen) atoms. The van der Waals surface area contributed by atoms with Crippen LogP contribution in [-0.4, -0.2) is 68.0 Å². The Morgan fingerprint density at radius 2 is 1.77 bits per heavy atom. The highest BCUT2D eigenvalue weighted by Gasteiger charge is 2.59. The van der Waals surface area contributed by atoms with E-state index in [-0.39, 0.29) is 5.75 Å². The fraction of sp³-hybridized carbons (Fsp3) is 0.857. The molecular formula is C14H24N2O4S2. The minimum Gasteiger partial charge on any atom is -0.374 e. The maximum atomic E-state index is 12.7. The predicted molar refractivity (Wildman–Crippen MR) is 85.6 cm³/mol. The van der Waals surface area contributed by atoms with Crippen LogP contribution in [0.15, 0.2) is 11.8 Å². The van der Waals surface area contributed by atoms with E-state index in [9.17, 15) is 16.8 Å². The molecule has 2 fully saturated rings. The van der Waals surface area contributed by atoms with Crippen molar-refractivity contribution < 1.29 is 16.8 Å². The van der Waals surface area contributed by atoms with Crippen molar-refractivity contribution in [2.45, 2.75) is 49.9 Å². The number of hydrogen-bond donors (Lipinski definition) is 0. The van der Waals surface area contributed by atoms with E-state index >= 15 is 0 Å². The van der Waals surface area contributed by atoms with Crippen molar-refractivity contribution in [1.82, 2.24) is 9.21 Å². The predicted octanol–water partition coefficient (Wildman–Crippen LogP) is 0.576. The van der Waals surface area contributed by atoms with Crippen LogP contribution in [-0.2, 0) is 19.9 Å². The van der Waals surface area contributed by atoms with Crippen LogP contribution in [0.2, 0.25) is 0 Å². The third-order valence-electron chi connectivity index (χ3n) is 4.98. The Hall–Kier alpha value is -0.600. The molecule has 126 valence electrons. The minimum absolute atomic E-state index is 0.106. The van der Waals surface area contributed by atoms with Gasteiger partial charge in [0, 0.05) is 18.8 Å². The van der Waals surface area contributed by atoms with Gasteiger partial charge in [-0.1, -0.05) is 0 Å². The Labute approximate surface area is 133 Å². The van der Waals surface area contributed by atoms with Gasteiger partial charge < -0.3 is 4.90 Å². The molecule has 0 aromatic heterocycles. The maximum absolute atomic E-state index is 12.7. The van der Waals surface area contributed by atoms with Crippen LogP contribution in [0.25, 0.3) is 0 Å². The lowest BCUT2D eigenvalue weighted by atomic mass is 9.89. The first-order chi connectivity index (χ1) is 10.0. The molecule has 0 amide bonds. The van der Waals surface area contributed by atoms with E-state index in [2.05, 4.69) is 4.90 Å². The van der Waals surface area contributed by atoms with Gasteiger partial charge in [-0.25, -0.2) is 16.8 Å². The zero-order chi connectivity index (χ0) is 16.3. The summed E-state index contributed by atoms with van der Waals surface area (Å²) in [6.07, 6.45) is 6.33. The average molecular weight is 348 g/mol. The Kier molecular flexibility index (Phi) is 3.66. The van der Waals surface area contributed by atoms with E-state index < -0.39 is 36.7 Å². The van der Waals surface area contributed by atoms with Crippen LogP contribution < -0.4 is 0 Å². The van der Waals surface area contributed by atoms with Crippen molar-refractivity contribution in [2.75, 3.05) is 25.1 Å². The molecule has 2 bridgehead atoms. The zero-order valence-corrected chi connectivity index (χ0v) is 15.0. The second-order valence-electron chi connectivity index (χ2n) is 7.13. The Balaban J connectivity index is 2.11. The lowest BCUT2D eigenvalue weighted by molar-refractivity contribution is 0.149. The molecule has 2 atom stereocenters. The van der Waals surface area contributed by atoms with Crippen molar-refractivity contribution in [3.63, 3.8) is 0 Å². The van der Waals surface area contributed by atoms with E-state index in [1.165, 1.54) is 10.7 Å². The minimum atomic E-state index is -3.46. The largest absolute Gasteiger partial charge is 0.374 e. The van der Waals surface area contributed by atoms with Crippen LogP contribution in [0.4, 0.5) is 0 Å². The van der Waals surface area contributed by atoms with Crippen molar-refractivity contribution in [3.05, 3.63) is 11.8 Å². The first kappa shape index (κ1) is 16.3. The van der Waals surface area contributed by atoms with Gasteiger partial charge in [0.05, 0.1) is 23.6 Å². The van der Waals surface area contributed by atoms with Crippen molar-refractivity contribution in [1.29, 1.82) is 0 Å². The number of piperidine rings is 1. The molecule has 4 rings (SSSR count). The monoisotopic (exact) mass is 348 g/mol. The molecule has 0 radical (unpaired) electrons. The molecular weight excluding hydrogens is 324 g/mol. The summed E-state index contributed by atoms with van der Waals surface area (Å²) in [5.74, 6) is -0.106. The van der Waals surface area contributed by atoms with Gasteiger partial charge in [-0.05, 0) is 39.2 Å². The molecule has 2 saturated heterocycles. The molecule has 0 saturated carbocycles. The van der Waals surface area contributed by atoms with E-state index in [0.29, 0.717) is 0 Å². The summed E-state index contributed by atoms with van der Waals surface area (Å²) >= 11 is 0.